The lowest BCUT2D eigenvalue weighted by atomic mass is 10.1. The molecule has 0 bridgehead atoms. The maximum absolute atomic E-state index is 11.4. The van der Waals surface area contributed by atoms with E-state index >= 15 is 0 Å². The Morgan fingerprint density at radius 1 is 0.741 bits per heavy atom. The van der Waals surface area contributed by atoms with Crippen molar-refractivity contribution in [3.8, 4) is 0 Å². The fourth-order valence-electron chi connectivity index (χ4n) is 2.22. The molecule has 0 aromatic heterocycles. The van der Waals surface area contributed by atoms with Crippen molar-refractivity contribution in [2.24, 2.45) is 0 Å². The van der Waals surface area contributed by atoms with E-state index in [9.17, 15) is 34.9 Å². The van der Waals surface area contributed by atoms with E-state index in [0.717, 1.165) is 0 Å². The summed E-state index contributed by atoms with van der Waals surface area (Å²) >= 11 is 0. The van der Waals surface area contributed by atoms with E-state index in [1.54, 1.807) is 0 Å². The molecule has 0 aromatic carbocycles. The first-order valence-electron chi connectivity index (χ1n) is 9.26. The van der Waals surface area contributed by atoms with Crippen molar-refractivity contribution in [2.45, 2.75) is 82.6 Å². The quantitative estimate of drug-likeness (QED) is 0.149. The minimum atomic E-state index is -6.67. The standard InChI is InChI=1S/C15H34P.C2HF5O3S/c1-5-6-7-8-9-10-11-12-13-14-15-16(2,3)4;3-1(4,5)2(6,7)11(8,9)10/h5-15H2,1-4H3;(H,8,9,10)/q+1;/p-1. The SMILES string of the molecule is CCCCCCCCCCCC[P+](C)(C)C.O=S(=O)([O-])C(F)(F)C(F)(F)F. The summed E-state index contributed by atoms with van der Waals surface area (Å²) in [5, 5.41) is -6.21. The van der Waals surface area contributed by atoms with E-state index in [2.05, 4.69) is 26.9 Å². The predicted molar refractivity (Wildman–Crippen MR) is 102 cm³/mol. The van der Waals surface area contributed by atoms with Gasteiger partial charge < -0.3 is 4.55 Å². The third-order valence-electron chi connectivity index (χ3n) is 3.83. The minimum absolute atomic E-state index is 0.490. The molecule has 0 atom stereocenters. The average molecular weight is 444 g/mol. The van der Waals surface area contributed by atoms with Crippen LogP contribution in [0.4, 0.5) is 22.0 Å². The molecule has 0 saturated heterocycles. The van der Waals surface area contributed by atoms with Gasteiger partial charge in [0.05, 0.1) is 6.16 Å². The molecule has 0 heterocycles. The van der Waals surface area contributed by atoms with Gasteiger partial charge in [-0.15, -0.1) is 0 Å². The van der Waals surface area contributed by atoms with Crippen LogP contribution in [0.5, 0.6) is 0 Å². The van der Waals surface area contributed by atoms with E-state index in [1.165, 1.54) is 70.4 Å². The summed E-state index contributed by atoms with van der Waals surface area (Å²) in [5.41, 5.74) is 0. The lowest BCUT2D eigenvalue weighted by Crippen LogP contribution is -2.43. The summed E-state index contributed by atoms with van der Waals surface area (Å²) in [7, 11) is -7.16. The highest BCUT2D eigenvalue weighted by atomic mass is 32.2. The van der Waals surface area contributed by atoms with Gasteiger partial charge in [-0.25, -0.2) is 8.42 Å². The van der Waals surface area contributed by atoms with Crippen LogP contribution in [0.1, 0.15) is 71.1 Å². The van der Waals surface area contributed by atoms with Gasteiger partial charge in [0.15, 0.2) is 10.1 Å². The van der Waals surface area contributed by atoms with Gasteiger partial charge >= 0.3 is 11.4 Å². The van der Waals surface area contributed by atoms with Crippen LogP contribution in [-0.4, -0.2) is 50.6 Å². The smallest absolute Gasteiger partial charge is 0.468 e. The summed E-state index contributed by atoms with van der Waals surface area (Å²) in [6.07, 6.45) is 9.77. The second kappa shape index (κ2) is 13.3. The van der Waals surface area contributed by atoms with E-state index < -0.39 is 28.8 Å². The Bertz CT molecular complexity index is 474. The van der Waals surface area contributed by atoms with Crippen molar-refractivity contribution in [1.82, 2.24) is 0 Å². The maximum Gasteiger partial charge on any atom is 0.468 e. The van der Waals surface area contributed by atoms with E-state index in [-0.39, 0.29) is 0 Å². The highest BCUT2D eigenvalue weighted by Gasteiger charge is 2.63. The molecule has 0 fully saturated rings. The molecule has 27 heavy (non-hydrogen) atoms. The molecule has 0 radical (unpaired) electrons. The van der Waals surface area contributed by atoms with Crippen molar-refractivity contribution in [3.05, 3.63) is 0 Å². The van der Waals surface area contributed by atoms with Gasteiger partial charge in [-0.05, 0) is 12.8 Å². The van der Waals surface area contributed by atoms with Crippen molar-refractivity contribution in [3.63, 3.8) is 0 Å². The molecule has 166 valence electrons. The molecular weight excluding hydrogens is 410 g/mol. The Morgan fingerprint density at radius 2 is 1.07 bits per heavy atom. The third-order valence-corrected chi connectivity index (χ3v) is 6.34. The van der Waals surface area contributed by atoms with Crippen LogP contribution in [0.2, 0.25) is 0 Å². The summed E-state index contributed by atoms with van der Waals surface area (Å²) in [6, 6.07) is 0. The molecule has 0 N–H and O–H groups in total. The second-order valence-corrected chi connectivity index (χ2v) is 14.1. The molecule has 0 spiro atoms. The molecule has 3 nitrogen and oxygen atoms in total. The van der Waals surface area contributed by atoms with Crippen LogP contribution < -0.4 is 0 Å². The topological polar surface area (TPSA) is 57.2 Å². The number of alkyl halides is 5. The number of unbranched alkanes of at least 4 members (excludes halogenated alkanes) is 9. The lowest BCUT2D eigenvalue weighted by Gasteiger charge is -2.21. The molecule has 0 amide bonds. The zero-order valence-electron chi connectivity index (χ0n) is 16.7. The van der Waals surface area contributed by atoms with Crippen molar-refractivity contribution >= 4 is 17.4 Å². The number of hydrogen-bond donors (Lipinski definition) is 0. The molecule has 0 aromatic rings. The zero-order valence-corrected chi connectivity index (χ0v) is 18.5. The highest BCUT2D eigenvalue weighted by molar-refractivity contribution is 7.86. The first kappa shape index (κ1) is 29.2. The first-order valence-corrected chi connectivity index (χ1v) is 14.0. The van der Waals surface area contributed by atoms with Crippen LogP contribution in [0.15, 0.2) is 0 Å². The second-order valence-electron chi connectivity index (χ2n) is 7.66. The molecule has 0 aliphatic rings. The molecule has 0 aliphatic heterocycles. The predicted octanol–water partition coefficient (Wildman–Crippen LogP) is 6.50. The summed E-state index contributed by atoms with van der Waals surface area (Å²) in [6.45, 7) is 9.67. The lowest BCUT2D eigenvalue weighted by molar-refractivity contribution is -0.243. The minimum Gasteiger partial charge on any atom is -0.743 e. The van der Waals surface area contributed by atoms with Gasteiger partial charge in [0.1, 0.15) is 0 Å². The van der Waals surface area contributed by atoms with Crippen molar-refractivity contribution in [2.75, 3.05) is 26.2 Å². The van der Waals surface area contributed by atoms with Crippen LogP contribution in [0, 0.1) is 0 Å². The maximum atomic E-state index is 11.4. The monoisotopic (exact) mass is 444 g/mol. The van der Waals surface area contributed by atoms with Gasteiger partial charge in [-0.3, -0.25) is 0 Å². The molecule has 0 rings (SSSR count). The Balaban J connectivity index is 0. The van der Waals surface area contributed by atoms with Crippen molar-refractivity contribution < 1.29 is 34.9 Å². The third kappa shape index (κ3) is 15.6. The van der Waals surface area contributed by atoms with Gasteiger partial charge in [-0.1, -0.05) is 58.3 Å². The van der Waals surface area contributed by atoms with Crippen LogP contribution in [0.3, 0.4) is 0 Å². The van der Waals surface area contributed by atoms with Gasteiger partial charge in [0.25, 0.3) is 0 Å². The van der Waals surface area contributed by atoms with Gasteiger partial charge in [-0.2, -0.15) is 22.0 Å². The number of rotatable bonds is 12. The number of halogens is 5. The zero-order chi connectivity index (χ0) is 21.8. The van der Waals surface area contributed by atoms with Crippen LogP contribution in [-0.2, 0) is 10.1 Å². The fourth-order valence-corrected chi connectivity index (χ4v) is 3.67. The molecule has 0 aliphatic carbocycles. The summed E-state index contributed by atoms with van der Waals surface area (Å²) < 4.78 is 83.6. The highest BCUT2D eigenvalue weighted by Crippen LogP contribution is 2.47. The molecule has 0 saturated carbocycles. The summed E-state index contributed by atoms with van der Waals surface area (Å²) in [4.78, 5) is 0. The summed E-state index contributed by atoms with van der Waals surface area (Å²) in [5.74, 6) is 0. The van der Waals surface area contributed by atoms with Gasteiger partial charge in [0.2, 0.25) is 0 Å². The van der Waals surface area contributed by atoms with E-state index in [1.807, 2.05) is 0 Å². The van der Waals surface area contributed by atoms with E-state index in [0.29, 0.717) is 0 Å². The first-order chi connectivity index (χ1) is 12.1. The Kier molecular flexibility index (Phi) is 14.3. The molecule has 0 unspecified atom stereocenters. The Hall–Kier alpha value is -0.0100. The normalized spacial score (nSPS) is 13.3. The number of hydrogen-bond acceptors (Lipinski definition) is 3. The van der Waals surface area contributed by atoms with Crippen LogP contribution >= 0.6 is 7.26 Å². The van der Waals surface area contributed by atoms with Crippen molar-refractivity contribution in [1.29, 1.82) is 0 Å². The average Bonchev–Trinajstić information content (AvgIpc) is 2.46. The molecule has 10 heteroatoms. The largest absolute Gasteiger partial charge is 0.743 e. The van der Waals surface area contributed by atoms with Gasteiger partial charge in [0, 0.05) is 27.3 Å². The van der Waals surface area contributed by atoms with Crippen LogP contribution in [0.25, 0.3) is 0 Å². The Labute approximate surface area is 161 Å². The molecular formula is C17H34F5O3PS. The fraction of sp³-hybridized carbons (Fsp3) is 1.00. The Morgan fingerprint density at radius 3 is 1.30 bits per heavy atom. The van der Waals surface area contributed by atoms with E-state index in [4.69, 9.17) is 0 Å².